The molecule has 0 bridgehead atoms. The largest absolute Gasteiger partial charge is 0.454 e. The van der Waals surface area contributed by atoms with E-state index < -0.39 is 0 Å². The zero-order valence-electron chi connectivity index (χ0n) is 12.5. The van der Waals surface area contributed by atoms with Gasteiger partial charge in [-0.1, -0.05) is 29.8 Å². The van der Waals surface area contributed by atoms with E-state index in [1.165, 1.54) is 0 Å². The summed E-state index contributed by atoms with van der Waals surface area (Å²) >= 11 is 6.32. The topological polar surface area (TPSA) is 82.3 Å². The Morgan fingerprint density at radius 1 is 1.08 bits per heavy atom. The van der Waals surface area contributed by atoms with Gasteiger partial charge in [0.2, 0.25) is 12.7 Å². The van der Waals surface area contributed by atoms with E-state index in [0.717, 1.165) is 5.69 Å². The number of halogens is 1. The first-order chi connectivity index (χ1) is 11.7. The van der Waals surface area contributed by atoms with E-state index in [1.54, 1.807) is 18.3 Å². The van der Waals surface area contributed by atoms with Crippen LogP contribution in [0, 0.1) is 0 Å². The molecule has 3 aromatic rings. The minimum Gasteiger partial charge on any atom is -0.454 e. The maximum atomic E-state index is 6.32. The average Bonchev–Trinajstić information content (AvgIpc) is 3.05. The summed E-state index contributed by atoms with van der Waals surface area (Å²) in [6, 6.07) is 13.1. The molecule has 3 N–H and O–H groups in total. The van der Waals surface area contributed by atoms with Crippen LogP contribution in [0.3, 0.4) is 0 Å². The van der Waals surface area contributed by atoms with E-state index in [4.69, 9.17) is 26.8 Å². The monoisotopic (exact) mass is 340 g/mol. The van der Waals surface area contributed by atoms with Crippen LogP contribution in [0.25, 0.3) is 11.1 Å². The van der Waals surface area contributed by atoms with Gasteiger partial charge in [-0.3, -0.25) is 0 Å². The molecule has 1 aliphatic rings. The molecule has 2 heterocycles. The van der Waals surface area contributed by atoms with Gasteiger partial charge in [0, 0.05) is 17.4 Å². The summed E-state index contributed by atoms with van der Waals surface area (Å²) in [7, 11) is 0. The molecule has 0 spiro atoms. The van der Waals surface area contributed by atoms with Gasteiger partial charge in [0.15, 0.2) is 11.5 Å². The highest BCUT2D eigenvalue weighted by Gasteiger charge is 2.23. The fourth-order valence-electron chi connectivity index (χ4n) is 2.50. The Kier molecular flexibility index (Phi) is 3.59. The minimum absolute atomic E-state index is 0.150. The van der Waals surface area contributed by atoms with Gasteiger partial charge in [-0.2, -0.15) is 4.98 Å². The van der Waals surface area contributed by atoms with Crippen LogP contribution in [0.1, 0.15) is 0 Å². The van der Waals surface area contributed by atoms with Crippen molar-refractivity contribution in [2.45, 2.75) is 0 Å². The number of aromatic nitrogens is 2. The smallest absolute Gasteiger partial charge is 0.231 e. The van der Waals surface area contributed by atoms with Crippen LogP contribution in [0.5, 0.6) is 11.5 Å². The van der Waals surface area contributed by atoms with Crippen molar-refractivity contribution in [2.75, 3.05) is 17.8 Å². The third kappa shape index (κ3) is 2.57. The molecule has 24 heavy (non-hydrogen) atoms. The first-order valence-corrected chi connectivity index (χ1v) is 7.63. The van der Waals surface area contributed by atoms with Crippen molar-refractivity contribution in [3.05, 3.63) is 53.7 Å². The SMILES string of the molecule is Nc1nc(Nc2ccccc2)ncc1-c1c(Cl)ccc2c1OCO2. The van der Waals surface area contributed by atoms with Crippen LogP contribution >= 0.6 is 11.6 Å². The lowest BCUT2D eigenvalue weighted by Crippen LogP contribution is -2.02. The quantitative estimate of drug-likeness (QED) is 0.753. The van der Waals surface area contributed by atoms with Gasteiger partial charge in [0.25, 0.3) is 0 Å². The van der Waals surface area contributed by atoms with Crippen molar-refractivity contribution in [3.8, 4) is 22.6 Å². The van der Waals surface area contributed by atoms with Crippen molar-refractivity contribution in [1.29, 1.82) is 0 Å². The number of nitrogens with one attached hydrogen (secondary N) is 1. The Morgan fingerprint density at radius 3 is 2.71 bits per heavy atom. The molecule has 6 nitrogen and oxygen atoms in total. The fourth-order valence-corrected chi connectivity index (χ4v) is 2.75. The summed E-state index contributed by atoms with van der Waals surface area (Å²) in [6.07, 6.45) is 1.62. The van der Waals surface area contributed by atoms with Crippen LogP contribution in [0.15, 0.2) is 48.7 Å². The summed E-state index contributed by atoms with van der Waals surface area (Å²) in [6.45, 7) is 0.150. The number of nitrogens with two attached hydrogens (primary N) is 1. The zero-order chi connectivity index (χ0) is 16.5. The summed E-state index contributed by atoms with van der Waals surface area (Å²) < 4.78 is 10.9. The molecule has 0 radical (unpaired) electrons. The van der Waals surface area contributed by atoms with E-state index in [0.29, 0.717) is 39.4 Å². The molecule has 0 atom stereocenters. The van der Waals surface area contributed by atoms with Gasteiger partial charge in [0.1, 0.15) is 5.82 Å². The average molecular weight is 341 g/mol. The van der Waals surface area contributed by atoms with Crippen LogP contribution in [-0.4, -0.2) is 16.8 Å². The fraction of sp³-hybridized carbons (Fsp3) is 0.0588. The molecule has 0 amide bonds. The van der Waals surface area contributed by atoms with Crippen LogP contribution in [-0.2, 0) is 0 Å². The maximum Gasteiger partial charge on any atom is 0.231 e. The third-order valence-corrected chi connectivity index (χ3v) is 3.92. The number of hydrogen-bond acceptors (Lipinski definition) is 6. The normalized spacial score (nSPS) is 12.2. The number of rotatable bonds is 3. The summed E-state index contributed by atoms with van der Waals surface area (Å²) in [5, 5.41) is 3.60. The lowest BCUT2D eigenvalue weighted by atomic mass is 10.1. The third-order valence-electron chi connectivity index (χ3n) is 3.61. The molecule has 0 fully saturated rings. The Morgan fingerprint density at radius 2 is 1.92 bits per heavy atom. The van der Waals surface area contributed by atoms with Gasteiger partial charge in [-0.05, 0) is 24.3 Å². The second-order valence-electron chi connectivity index (χ2n) is 5.14. The standard InChI is InChI=1S/C17H13ClN4O2/c18-12-6-7-13-15(24-9-23-13)14(12)11-8-20-17(22-16(11)19)21-10-4-2-1-3-5-10/h1-8H,9H2,(H3,19,20,21,22). The Bertz CT molecular complexity index is 903. The van der Waals surface area contributed by atoms with Crippen LogP contribution < -0.4 is 20.5 Å². The summed E-state index contributed by atoms with van der Waals surface area (Å²) in [5.74, 6) is 1.89. The van der Waals surface area contributed by atoms with Crippen LogP contribution in [0.4, 0.5) is 17.5 Å². The Balaban J connectivity index is 1.72. The van der Waals surface area contributed by atoms with Crippen molar-refractivity contribution >= 4 is 29.1 Å². The predicted molar refractivity (Wildman–Crippen MR) is 92.7 cm³/mol. The van der Waals surface area contributed by atoms with Crippen LogP contribution in [0.2, 0.25) is 5.02 Å². The lowest BCUT2D eigenvalue weighted by Gasteiger charge is -2.11. The van der Waals surface area contributed by atoms with Gasteiger partial charge in [-0.15, -0.1) is 0 Å². The van der Waals surface area contributed by atoms with E-state index in [2.05, 4.69) is 15.3 Å². The molecule has 0 aliphatic carbocycles. The van der Waals surface area contributed by atoms with Crippen molar-refractivity contribution in [1.82, 2.24) is 9.97 Å². The second-order valence-corrected chi connectivity index (χ2v) is 5.55. The maximum absolute atomic E-state index is 6.32. The van der Waals surface area contributed by atoms with Gasteiger partial charge >= 0.3 is 0 Å². The molecule has 1 aliphatic heterocycles. The molecule has 0 unspecified atom stereocenters. The number of nitrogens with zero attached hydrogens (tertiary/aromatic N) is 2. The molecule has 4 rings (SSSR count). The number of benzene rings is 2. The molecule has 2 aromatic carbocycles. The number of ether oxygens (including phenoxy) is 2. The zero-order valence-corrected chi connectivity index (χ0v) is 13.2. The van der Waals surface area contributed by atoms with Crippen molar-refractivity contribution < 1.29 is 9.47 Å². The Hall–Kier alpha value is -2.99. The first kappa shape index (κ1) is 14.6. The number of hydrogen-bond donors (Lipinski definition) is 2. The highest BCUT2D eigenvalue weighted by Crippen LogP contribution is 2.46. The van der Waals surface area contributed by atoms with Crippen molar-refractivity contribution in [3.63, 3.8) is 0 Å². The van der Waals surface area contributed by atoms with E-state index in [9.17, 15) is 0 Å². The lowest BCUT2D eigenvalue weighted by molar-refractivity contribution is 0.174. The van der Waals surface area contributed by atoms with E-state index in [1.807, 2.05) is 30.3 Å². The minimum atomic E-state index is 0.150. The summed E-state index contributed by atoms with van der Waals surface area (Å²) in [5.41, 5.74) is 8.23. The van der Waals surface area contributed by atoms with E-state index >= 15 is 0 Å². The molecule has 1 aromatic heterocycles. The molecule has 7 heteroatoms. The van der Waals surface area contributed by atoms with E-state index in [-0.39, 0.29) is 6.79 Å². The number of nitrogen functional groups attached to an aromatic ring is 1. The van der Waals surface area contributed by atoms with Gasteiger partial charge < -0.3 is 20.5 Å². The van der Waals surface area contributed by atoms with Gasteiger partial charge in [-0.25, -0.2) is 4.98 Å². The molecule has 120 valence electrons. The van der Waals surface area contributed by atoms with Crippen molar-refractivity contribution in [2.24, 2.45) is 0 Å². The molecular formula is C17H13ClN4O2. The highest BCUT2D eigenvalue weighted by molar-refractivity contribution is 6.34. The number of fused-ring (bicyclic) bond motifs is 1. The summed E-state index contributed by atoms with van der Waals surface area (Å²) in [4.78, 5) is 8.63. The van der Waals surface area contributed by atoms with Gasteiger partial charge in [0.05, 0.1) is 10.6 Å². The highest BCUT2D eigenvalue weighted by atomic mass is 35.5. The Labute approximate surface area is 143 Å². The molecule has 0 saturated carbocycles. The molecule has 0 saturated heterocycles. The number of anilines is 3. The number of para-hydroxylation sites is 1. The molecular weight excluding hydrogens is 328 g/mol. The first-order valence-electron chi connectivity index (χ1n) is 7.25. The predicted octanol–water partition coefficient (Wildman–Crippen LogP) is 3.85. The second kappa shape index (κ2) is 5.90.